The number of pyridine rings is 1. The van der Waals surface area contributed by atoms with Crippen LogP contribution in [0.4, 0.5) is 5.82 Å². The van der Waals surface area contributed by atoms with Crippen molar-refractivity contribution in [3.05, 3.63) is 30.0 Å². The highest BCUT2D eigenvalue weighted by atomic mass is 16.5. The van der Waals surface area contributed by atoms with Crippen LogP contribution in [0.15, 0.2) is 24.4 Å². The Morgan fingerprint density at radius 1 is 1.45 bits per heavy atom. The molecule has 0 bridgehead atoms. The second-order valence-corrected chi connectivity index (χ2v) is 5.62. The maximum absolute atomic E-state index is 11.6. The average molecular weight is 300 g/mol. The molecule has 1 atom stereocenters. The van der Waals surface area contributed by atoms with Crippen LogP contribution in [-0.2, 0) is 0 Å². The summed E-state index contributed by atoms with van der Waals surface area (Å²) >= 11 is 0. The van der Waals surface area contributed by atoms with Crippen molar-refractivity contribution >= 4 is 22.5 Å². The van der Waals surface area contributed by atoms with Crippen molar-refractivity contribution in [1.82, 2.24) is 4.98 Å². The van der Waals surface area contributed by atoms with E-state index >= 15 is 0 Å². The van der Waals surface area contributed by atoms with Crippen LogP contribution in [0.5, 0.6) is 5.75 Å². The molecule has 0 spiro atoms. The van der Waals surface area contributed by atoms with E-state index in [-0.39, 0.29) is 6.04 Å². The van der Waals surface area contributed by atoms with Crippen LogP contribution in [0.3, 0.4) is 0 Å². The van der Waals surface area contributed by atoms with E-state index < -0.39 is 5.91 Å². The standard InChI is InChI=1S/C16H20N4O2/c1-22-14-8-12-10(7-13(14)15(18)21)4-5-19-16(12)20-6-2-3-11(17)9-20/h4-5,7-8,11H,2-3,6,9,17H2,1H3,(H2,18,21)/t11-/m0/s1. The van der Waals surface area contributed by atoms with Crippen LogP contribution in [0.25, 0.3) is 10.8 Å². The predicted octanol–water partition coefficient (Wildman–Crippen LogP) is 1.27. The molecule has 3 rings (SSSR count). The zero-order valence-electron chi connectivity index (χ0n) is 12.6. The average Bonchev–Trinajstić information content (AvgIpc) is 2.52. The third-order valence-corrected chi connectivity index (χ3v) is 4.09. The lowest BCUT2D eigenvalue weighted by Crippen LogP contribution is -2.43. The summed E-state index contributed by atoms with van der Waals surface area (Å²) in [4.78, 5) is 18.3. The lowest BCUT2D eigenvalue weighted by molar-refractivity contribution is 0.0997. The Hall–Kier alpha value is -2.34. The lowest BCUT2D eigenvalue weighted by atomic mass is 10.0. The molecule has 1 aliphatic rings. The molecular weight excluding hydrogens is 280 g/mol. The highest BCUT2D eigenvalue weighted by Gasteiger charge is 2.21. The number of carbonyl (C=O) groups excluding carboxylic acids is 1. The Bertz CT molecular complexity index is 717. The molecule has 6 nitrogen and oxygen atoms in total. The van der Waals surface area contributed by atoms with Crippen LogP contribution in [0.1, 0.15) is 23.2 Å². The zero-order chi connectivity index (χ0) is 15.7. The second-order valence-electron chi connectivity index (χ2n) is 5.62. The van der Waals surface area contributed by atoms with E-state index in [2.05, 4.69) is 9.88 Å². The van der Waals surface area contributed by atoms with Gasteiger partial charge in [-0.1, -0.05) is 0 Å². The van der Waals surface area contributed by atoms with Gasteiger partial charge in [-0.3, -0.25) is 4.79 Å². The summed E-state index contributed by atoms with van der Waals surface area (Å²) < 4.78 is 5.31. The van der Waals surface area contributed by atoms with Gasteiger partial charge in [0.1, 0.15) is 11.6 Å². The van der Waals surface area contributed by atoms with Crippen molar-refractivity contribution < 1.29 is 9.53 Å². The van der Waals surface area contributed by atoms with Crippen molar-refractivity contribution in [1.29, 1.82) is 0 Å². The van der Waals surface area contributed by atoms with Gasteiger partial charge in [-0.15, -0.1) is 0 Å². The summed E-state index contributed by atoms with van der Waals surface area (Å²) in [6.45, 7) is 1.71. The molecule has 1 aromatic heterocycles. The summed E-state index contributed by atoms with van der Waals surface area (Å²) in [5.74, 6) is 0.842. The van der Waals surface area contributed by atoms with Gasteiger partial charge in [0.15, 0.2) is 0 Å². The minimum absolute atomic E-state index is 0.164. The Kier molecular flexibility index (Phi) is 3.85. The van der Waals surface area contributed by atoms with Gasteiger partial charge in [0.2, 0.25) is 0 Å². The number of amides is 1. The molecule has 22 heavy (non-hydrogen) atoms. The number of nitrogens with two attached hydrogens (primary N) is 2. The maximum atomic E-state index is 11.6. The van der Waals surface area contributed by atoms with Crippen molar-refractivity contribution in [3.8, 4) is 5.75 Å². The van der Waals surface area contributed by atoms with Crippen molar-refractivity contribution in [2.24, 2.45) is 11.5 Å². The monoisotopic (exact) mass is 300 g/mol. The Labute approximate surface area is 129 Å². The fraction of sp³-hybridized carbons (Fsp3) is 0.375. The van der Waals surface area contributed by atoms with E-state index in [1.807, 2.05) is 12.1 Å². The quantitative estimate of drug-likeness (QED) is 0.890. The molecule has 1 saturated heterocycles. The predicted molar refractivity (Wildman–Crippen MR) is 86.2 cm³/mol. The summed E-state index contributed by atoms with van der Waals surface area (Å²) in [6.07, 6.45) is 3.83. The van der Waals surface area contributed by atoms with Crippen LogP contribution >= 0.6 is 0 Å². The SMILES string of the molecule is COc1cc2c(N3CCC[C@H](N)C3)nccc2cc1C(N)=O. The number of hydrogen-bond donors (Lipinski definition) is 2. The number of rotatable bonds is 3. The van der Waals surface area contributed by atoms with Crippen LogP contribution in [-0.4, -0.2) is 37.1 Å². The number of aromatic nitrogens is 1. The van der Waals surface area contributed by atoms with Crippen LogP contribution < -0.4 is 21.1 Å². The van der Waals surface area contributed by atoms with Crippen molar-refractivity contribution in [2.75, 3.05) is 25.1 Å². The van der Waals surface area contributed by atoms with Gasteiger partial charge >= 0.3 is 0 Å². The van der Waals surface area contributed by atoms with E-state index in [4.69, 9.17) is 16.2 Å². The van der Waals surface area contributed by atoms with Gasteiger partial charge in [-0.2, -0.15) is 0 Å². The van der Waals surface area contributed by atoms with Crippen molar-refractivity contribution in [3.63, 3.8) is 0 Å². The second kappa shape index (κ2) is 5.81. The molecule has 1 aliphatic heterocycles. The normalized spacial score (nSPS) is 18.5. The molecule has 4 N–H and O–H groups in total. The summed E-state index contributed by atoms with van der Waals surface area (Å²) in [7, 11) is 1.53. The molecule has 2 aromatic rings. The number of hydrogen-bond acceptors (Lipinski definition) is 5. The molecule has 1 fully saturated rings. The minimum atomic E-state index is -0.503. The number of anilines is 1. The lowest BCUT2D eigenvalue weighted by Gasteiger charge is -2.32. The molecular formula is C16H20N4O2. The molecule has 1 amide bonds. The highest BCUT2D eigenvalue weighted by molar-refractivity contribution is 6.03. The molecule has 2 heterocycles. The highest BCUT2D eigenvalue weighted by Crippen LogP contribution is 2.32. The fourth-order valence-corrected chi connectivity index (χ4v) is 3.00. The number of ether oxygens (including phenoxy) is 1. The molecule has 0 saturated carbocycles. The third kappa shape index (κ3) is 2.57. The molecule has 0 unspecified atom stereocenters. The summed E-state index contributed by atoms with van der Waals surface area (Å²) in [5, 5.41) is 1.86. The van der Waals surface area contributed by atoms with E-state index in [1.54, 1.807) is 12.3 Å². The van der Waals surface area contributed by atoms with Crippen LogP contribution in [0, 0.1) is 0 Å². The fourth-order valence-electron chi connectivity index (χ4n) is 3.00. The number of nitrogens with zero attached hydrogens (tertiary/aromatic N) is 2. The molecule has 6 heteroatoms. The molecule has 0 aliphatic carbocycles. The van der Waals surface area contributed by atoms with Gasteiger partial charge in [-0.05, 0) is 36.4 Å². The van der Waals surface area contributed by atoms with Gasteiger partial charge in [0.25, 0.3) is 5.91 Å². The first kappa shape index (κ1) is 14.6. The maximum Gasteiger partial charge on any atom is 0.252 e. The minimum Gasteiger partial charge on any atom is -0.496 e. The largest absolute Gasteiger partial charge is 0.496 e. The van der Waals surface area contributed by atoms with E-state index in [1.165, 1.54) is 7.11 Å². The van der Waals surface area contributed by atoms with Crippen LogP contribution in [0.2, 0.25) is 0 Å². The first-order valence-electron chi connectivity index (χ1n) is 7.37. The van der Waals surface area contributed by atoms with Gasteiger partial charge in [0.05, 0.1) is 12.7 Å². The smallest absolute Gasteiger partial charge is 0.252 e. The first-order valence-corrected chi connectivity index (χ1v) is 7.37. The number of piperidine rings is 1. The Morgan fingerprint density at radius 3 is 2.95 bits per heavy atom. The zero-order valence-corrected chi connectivity index (χ0v) is 12.6. The van der Waals surface area contributed by atoms with Gasteiger partial charge < -0.3 is 21.1 Å². The Morgan fingerprint density at radius 2 is 2.27 bits per heavy atom. The third-order valence-electron chi connectivity index (χ3n) is 4.09. The number of primary amides is 1. The number of benzene rings is 1. The number of fused-ring (bicyclic) bond motifs is 1. The molecule has 1 aromatic carbocycles. The van der Waals surface area contributed by atoms with E-state index in [0.29, 0.717) is 11.3 Å². The van der Waals surface area contributed by atoms with Crippen molar-refractivity contribution in [2.45, 2.75) is 18.9 Å². The Balaban J connectivity index is 2.13. The first-order chi connectivity index (χ1) is 10.6. The topological polar surface area (TPSA) is 94.5 Å². The number of carbonyl (C=O) groups is 1. The molecule has 0 radical (unpaired) electrons. The van der Waals surface area contributed by atoms with E-state index in [9.17, 15) is 4.79 Å². The van der Waals surface area contributed by atoms with Gasteiger partial charge in [0, 0.05) is 30.7 Å². The molecule has 116 valence electrons. The van der Waals surface area contributed by atoms with E-state index in [0.717, 1.165) is 42.5 Å². The van der Waals surface area contributed by atoms with Gasteiger partial charge in [-0.25, -0.2) is 4.98 Å². The summed E-state index contributed by atoms with van der Waals surface area (Å²) in [6, 6.07) is 5.62. The number of methoxy groups -OCH3 is 1. The summed E-state index contributed by atoms with van der Waals surface area (Å²) in [5.41, 5.74) is 11.9.